The van der Waals surface area contributed by atoms with Crippen molar-refractivity contribution in [1.29, 1.82) is 0 Å². The van der Waals surface area contributed by atoms with Gasteiger partial charge in [-0.25, -0.2) is 4.79 Å². The van der Waals surface area contributed by atoms with Crippen molar-refractivity contribution in [3.05, 3.63) is 63.6 Å². The van der Waals surface area contributed by atoms with Crippen molar-refractivity contribution >= 4 is 27.9 Å². The summed E-state index contributed by atoms with van der Waals surface area (Å²) in [6.07, 6.45) is -0.136. The molecule has 0 aliphatic carbocycles. The number of hydrogen-bond donors (Lipinski definition) is 2. The highest BCUT2D eigenvalue weighted by Crippen LogP contribution is 2.34. The lowest BCUT2D eigenvalue weighted by molar-refractivity contribution is 0.0930. The van der Waals surface area contributed by atoms with E-state index in [1.165, 1.54) is 10.5 Å². The minimum absolute atomic E-state index is 0.0353. The number of nitrogens with zero attached hydrogens (tertiary/aromatic N) is 1. The average molecular weight is 445 g/mol. The molecule has 0 bridgehead atoms. The fraction of sp³-hybridized carbons (Fsp3) is 0.333. The molecule has 0 radical (unpaired) electrons. The summed E-state index contributed by atoms with van der Waals surface area (Å²) < 4.78 is 7.03. The van der Waals surface area contributed by atoms with Crippen molar-refractivity contribution in [3.8, 4) is 5.75 Å². The number of piperidine rings is 1. The molecule has 2 unspecified atom stereocenters. The number of nitrogens with one attached hydrogen (secondary N) is 1. The van der Waals surface area contributed by atoms with E-state index >= 15 is 0 Å². The summed E-state index contributed by atoms with van der Waals surface area (Å²) in [5, 5.41) is 12.2. The van der Waals surface area contributed by atoms with Crippen LogP contribution in [-0.4, -0.2) is 41.7 Å². The first-order valence-corrected chi connectivity index (χ1v) is 10.1. The molecule has 1 saturated heterocycles. The molecule has 146 valence electrons. The van der Waals surface area contributed by atoms with Gasteiger partial charge in [0, 0.05) is 35.6 Å². The molecule has 6 nitrogen and oxygen atoms in total. The quantitative estimate of drug-likeness (QED) is 0.750. The summed E-state index contributed by atoms with van der Waals surface area (Å²) in [5.74, 6) is 0.815. The lowest BCUT2D eigenvalue weighted by Gasteiger charge is -2.37. The van der Waals surface area contributed by atoms with Gasteiger partial charge in [0.05, 0.1) is 6.61 Å². The van der Waals surface area contributed by atoms with Gasteiger partial charge >= 0.3 is 6.09 Å². The SMILES string of the molecule is O=C1NCc2ccc(OCC3CN(C(=O)O)CCC3c3ccc(Br)cc3)cc21. The van der Waals surface area contributed by atoms with E-state index in [2.05, 4.69) is 33.4 Å². The topological polar surface area (TPSA) is 78.9 Å². The first kappa shape index (κ1) is 18.8. The van der Waals surface area contributed by atoms with E-state index in [0.29, 0.717) is 37.6 Å². The molecule has 2 atom stereocenters. The Balaban J connectivity index is 1.51. The van der Waals surface area contributed by atoms with Crippen LogP contribution in [0.4, 0.5) is 4.79 Å². The number of amides is 2. The van der Waals surface area contributed by atoms with Crippen LogP contribution in [0.2, 0.25) is 0 Å². The second kappa shape index (κ2) is 7.83. The van der Waals surface area contributed by atoms with E-state index < -0.39 is 6.09 Å². The van der Waals surface area contributed by atoms with Crippen molar-refractivity contribution in [2.24, 2.45) is 5.92 Å². The van der Waals surface area contributed by atoms with Gasteiger partial charge in [-0.05, 0) is 47.7 Å². The first-order chi connectivity index (χ1) is 13.5. The molecule has 7 heteroatoms. The van der Waals surface area contributed by atoms with E-state index in [9.17, 15) is 14.7 Å². The zero-order valence-electron chi connectivity index (χ0n) is 15.2. The summed E-state index contributed by atoms with van der Waals surface area (Å²) in [7, 11) is 0. The van der Waals surface area contributed by atoms with Crippen molar-refractivity contribution in [2.75, 3.05) is 19.7 Å². The molecule has 1 fully saturated rings. The molecule has 0 aromatic heterocycles. The first-order valence-electron chi connectivity index (χ1n) is 9.28. The van der Waals surface area contributed by atoms with Gasteiger partial charge in [0.25, 0.3) is 5.91 Å². The number of benzene rings is 2. The van der Waals surface area contributed by atoms with Crippen molar-refractivity contribution in [2.45, 2.75) is 18.9 Å². The summed E-state index contributed by atoms with van der Waals surface area (Å²) in [6.45, 7) is 1.90. The molecule has 2 aromatic rings. The molecule has 28 heavy (non-hydrogen) atoms. The number of fused-ring (bicyclic) bond motifs is 1. The number of hydrogen-bond acceptors (Lipinski definition) is 3. The number of carbonyl (C=O) groups excluding carboxylic acids is 1. The molecule has 2 heterocycles. The van der Waals surface area contributed by atoms with Crippen LogP contribution >= 0.6 is 15.9 Å². The Bertz CT molecular complexity index is 900. The standard InChI is InChI=1S/C21H21BrN2O4/c22-16-4-1-13(2-5-16)18-7-8-24(21(26)27)11-15(18)12-28-17-6-3-14-10-23-20(25)19(14)9-17/h1-6,9,15,18H,7-8,10-12H2,(H,23,25)(H,26,27). The molecular formula is C21H21BrN2O4. The number of carboxylic acid groups (broad SMARTS) is 1. The second-order valence-corrected chi connectivity index (χ2v) is 8.16. The van der Waals surface area contributed by atoms with Crippen molar-refractivity contribution in [1.82, 2.24) is 10.2 Å². The predicted molar refractivity (Wildman–Crippen MR) is 108 cm³/mol. The smallest absolute Gasteiger partial charge is 0.407 e. The molecule has 4 rings (SSSR count). The third kappa shape index (κ3) is 3.85. The van der Waals surface area contributed by atoms with E-state index in [-0.39, 0.29) is 17.7 Å². The predicted octanol–water partition coefficient (Wildman–Crippen LogP) is 3.86. The van der Waals surface area contributed by atoms with Crippen LogP contribution < -0.4 is 10.1 Å². The maximum Gasteiger partial charge on any atom is 0.407 e. The van der Waals surface area contributed by atoms with Crippen LogP contribution in [0.25, 0.3) is 0 Å². The molecule has 0 saturated carbocycles. The fourth-order valence-corrected chi connectivity index (χ4v) is 4.27. The summed E-state index contributed by atoms with van der Waals surface area (Å²) >= 11 is 3.46. The van der Waals surface area contributed by atoms with E-state index in [4.69, 9.17) is 4.74 Å². The Hall–Kier alpha value is -2.54. The molecule has 2 aliphatic heterocycles. The Morgan fingerprint density at radius 1 is 1.25 bits per heavy atom. The van der Waals surface area contributed by atoms with Gasteiger partial charge in [-0.1, -0.05) is 34.1 Å². The Labute approximate surface area is 171 Å². The number of likely N-dealkylation sites (tertiary alicyclic amines) is 1. The highest BCUT2D eigenvalue weighted by Gasteiger charge is 2.33. The van der Waals surface area contributed by atoms with Crippen molar-refractivity contribution in [3.63, 3.8) is 0 Å². The third-order valence-corrected chi connectivity index (χ3v) is 6.06. The fourth-order valence-electron chi connectivity index (χ4n) is 4.01. The van der Waals surface area contributed by atoms with Crippen molar-refractivity contribution < 1.29 is 19.4 Å². The molecule has 2 aromatic carbocycles. The zero-order chi connectivity index (χ0) is 19.7. The summed E-state index contributed by atoms with van der Waals surface area (Å²) in [4.78, 5) is 24.8. The van der Waals surface area contributed by atoms with E-state index in [1.54, 1.807) is 6.07 Å². The third-order valence-electron chi connectivity index (χ3n) is 5.53. The Morgan fingerprint density at radius 2 is 2.04 bits per heavy atom. The van der Waals surface area contributed by atoms with Gasteiger partial charge < -0.3 is 20.1 Å². The highest BCUT2D eigenvalue weighted by atomic mass is 79.9. The molecule has 0 spiro atoms. The largest absolute Gasteiger partial charge is 0.493 e. The Kier molecular flexibility index (Phi) is 5.26. The van der Waals surface area contributed by atoms with Gasteiger partial charge in [-0.15, -0.1) is 0 Å². The number of rotatable bonds is 4. The van der Waals surface area contributed by atoms with Crippen LogP contribution in [0.5, 0.6) is 5.75 Å². The lowest BCUT2D eigenvalue weighted by atomic mass is 9.81. The van der Waals surface area contributed by atoms with Crippen LogP contribution in [-0.2, 0) is 6.54 Å². The molecular weight excluding hydrogens is 424 g/mol. The monoisotopic (exact) mass is 444 g/mol. The molecule has 2 N–H and O–H groups in total. The maximum absolute atomic E-state index is 11.9. The van der Waals surface area contributed by atoms with Crippen LogP contribution in [0.15, 0.2) is 46.9 Å². The zero-order valence-corrected chi connectivity index (χ0v) is 16.8. The molecule has 2 aliphatic rings. The van der Waals surface area contributed by atoms with Gasteiger partial charge in [-0.2, -0.15) is 0 Å². The van der Waals surface area contributed by atoms with Crippen LogP contribution in [0.1, 0.15) is 33.8 Å². The minimum atomic E-state index is -0.895. The Morgan fingerprint density at radius 3 is 2.79 bits per heavy atom. The van der Waals surface area contributed by atoms with Gasteiger partial charge in [0.15, 0.2) is 0 Å². The van der Waals surface area contributed by atoms with Crippen LogP contribution in [0, 0.1) is 5.92 Å². The van der Waals surface area contributed by atoms with Crippen LogP contribution in [0.3, 0.4) is 0 Å². The minimum Gasteiger partial charge on any atom is -0.493 e. The number of halogens is 1. The highest BCUT2D eigenvalue weighted by molar-refractivity contribution is 9.10. The average Bonchev–Trinajstić information content (AvgIpc) is 3.07. The van der Waals surface area contributed by atoms with Gasteiger partial charge in [0.1, 0.15) is 5.75 Å². The molecule has 2 amide bonds. The van der Waals surface area contributed by atoms with Gasteiger partial charge in [0.2, 0.25) is 0 Å². The van der Waals surface area contributed by atoms with Gasteiger partial charge in [-0.3, -0.25) is 4.79 Å². The summed E-state index contributed by atoms with van der Waals surface area (Å²) in [5.41, 5.74) is 2.81. The number of carbonyl (C=O) groups is 2. The lowest BCUT2D eigenvalue weighted by Crippen LogP contribution is -2.44. The number of ether oxygens (including phenoxy) is 1. The normalized spacial score (nSPS) is 21.2. The second-order valence-electron chi connectivity index (χ2n) is 7.25. The van der Waals surface area contributed by atoms with E-state index in [1.807, 2.05) is 24.3 Å². The van der Waals surface area contributed by atoms with E-state index in [0.717, 1.165) is 16.5 Å². The maximum atomic E-state index is 11.9. The summed E-state index contributed by atoms with van der Waals surface area (Å²) in [6, 6.07) is 13.7.